The lowest BCUT2D eigenvalue weighted by atomic mass is 10.2. The van der Waals surface area contributed by atoms with Crippen LogP contribution in [0.4, 0.5) is 0 Å². The fourth-order valence-electron chi connectivity index (χ4n) is 2.68. The molecule has 6 nitrogen and oxygen atoms in total. The zero-order chi connectivity index (χ0) is 19.5. The number of hydrogen-bond acceptors (Lipinski definition) is 6. The minimum Gasteiger partial charge on any atom is -0.269 e. The van der Waals surface area contributed by atoms with Crippen molar-refractivity contribution in [3.63, 3.8) is 0 Å². The maximum Gasteiger partial charge on any atom is 0.202 e. The van der Waals surface area contributed by atoms with Crippen LogP contribution >= 0.6 is 23.4 Å². The van der Waals surface area contributed by atoms with E-state index in [1.807, 2.05) is 41.8 Å². The van der Waals surface area contributed by atoms with Crippen LogP contribution in [0.25, 0.3) is 17.1 Å². The molecular weight excluding hydrogens is 392 g/mol. The Morgan fingerprint density at radius 3 is 2.61 bits per heavy atom. The molecule has 0 fully saturated rings. The zero-order valence-electron chi connectivity index (χ0n) is 14.7. The summed E-state index contributed by atoms with van der Waals surface area (Å²) in [6.45, 7) is 1.96. The van der Waals surface area contributed by atoms with Crippen LogP contribution in [-0.4, -0.2) is 24.7 Å². The summed E-state index contributed by atoms with van der Waals surface area (Å²) in [7, 11) is 0. The van der Waals surface area contributed by atoms with Gasteiger partial charge in [0.1, 0.15) is 11.1 Å². The molecule has 0 saturated heterocycles. The number of hydrogen-bond donors (Lipinski definition) is 0. The summed E-state index contributed by atoms with van der Waals surface area (Å²) in [5.74, 6) is 0.684. The van der Waals surface area contributed by atoms with Gasteiger partial charge in [-0.1, -0.05) is 17.7 Å². The van der Waals surface area contributed by atoms with Gasteiger partial charge in [-0.25, -0.2) is 4.98 Å². The lowest BCUT2D eigenvalue weighted by Gasteiger charge is -2.13. The van der Waals surface area contributed by atoms with Crippen molar-refractivity contribution in [3.8, 4) is 23.1 Å². The summed E-state index contributed by atoms with van der Waals surface area (Å²) < 4.78 is 1.96. The first-order valence-electron chi connectivity index (χ1n) is 8.32. The first-order chi connectivity index (χ1) is 13.7. The van der Waals surface area contributed by atoms with Crippen LogP contribution in [0.1, 0.15) is 11.1 Å². The van der Waals surface area contributed by atoms with Gasteiger partial charge in [-0.05, 0) is 60.6 Å². The number of aromatic nitrogens is 5. The van der Waals surface area contributed by atoms with E-state index in [-0.39, 0.29) is 0 Å². The van der Waals surface area contributed by atoms with E-state index in [2.05, 4.69) is 26.2 Å². The minimum atomic E-state index is 0.508. The number of rotatable bonds is 4. The highest BCUT2D eigenvalue weighted by atomic mass is 35.5. The smallest absolute Gasteiger partial charge is 0.202 e. The van der Waals surface area contributed by atoms with Crippen molar-refractivity contribution in [2.24, 2.45) is 0 Å². The predicted molar refractivity (Wildman–Crippen MR) is 107 cm³/mol. The molecule has 28 heavy (non-hydrogen) atoms. The van der Waals surface area contributed by atoms with Crippen molar-refractivity contribution in [3.05, 3.63) is 77.2 Å². The molecule has 0 N–H and O–H groups in total. The number of halogens is 1. The van der Waals surface area contributed by atoms with Gasteiger partial charge in [-0.3, -0.25) is 9.55 Å². The van der Waals surface area contributed by atoms with E-state index in [4.69, 9.17) is 16.9 Å². The van der Waals surface area contributed by atoms with Gasteiger partial charge >= 0.3 is 0 Å². The number of nitriles is 1. The van der Waals surface area contributed by atoms with Gasteiger partial charge < -0.3 is 0 Å². The highest BCUT2D eigenvalue weighted by molar-refractivity contribution is 7.99. The Kier molecular flexibility index (Phi) is 5.06. The van der Waals surface area contributed by atoms with Crippen LogP contribution in [0.15, 0.2) is 71.2 Å². The van der Waals surface area contributed by atoms with Gasteiger partial charge in [-0.2, -0.15) is 5.26 Å². The molecule has 0 aliphatic heterocycles. The molecule has 0 radical (unpaired) electrons. The largest absolute Gasteiger partial charge is 0.269 e. The molecule has 4 aromatic rings. The molecular formula is C20H13ClN6S. The Balaban J connectivity index is 1.86. The quantitative estimate of drug-likeness (QED) is 0.490. The van der Waals surface area contributed by atoms with E-state index in [0.717, 1.165) is 16.8 Å². The molecule has 0 amide bonds. The van der Waals surface area contributed by atoms with Crippen LogP contribution < -0.4 is 0 Å². The lowest BCUT2D eigenvalue weighted by Crippen LogP contribution is -2.02. The molecule has 4 rings (SSSR count). The lowest BCUT2D eigenvalue weighted by molar-refractivity contribution is 0.877. The van der Waals surface area contributed by atoms with E-state index in [1.165, 1.54) is 18.0 Å². The van der Waals surface area contributed by atoms with Crippen molar-refractivity contribution in [2.75, 3.05) is 0 Å². The monoisotopic (exact) mass is 404 g/mol. The van der Waals surface area contributed by atoms with Gasteiger partial charge in [0.25, 0.3) is 0 Å². The maximum atomic E-state index is 8.96. The Labute approximate surface area is 170 Å². The predicted octanol–water partition coefficient (Wildman–Crippen LogP) is 4.71. The van der Waals surface area contributed by atoms with Crippen molar-refractivity contribution >= 4 is 23.4 Å². The third kappa shape index (κ3) is 3.48. The van der Waals surface area contributed by atoms with Gasteiger partial charge in [0.2, 0.25) is 5.16 Å². The first-order valence-corrected chi connectivity index (χ1v) is 9.52. The molecule has 136 valence electrons. The molecule has 1 aromatic carbocycles. The minimum absolute atomic E-state index is 0.508. The average molecular weight is 405 g/mol. The van der Waals surface area contributed by atoms with Crippen LogP contribution in [0.3, 0.4) is 0 Å². The molecule has 0 aliphatic rings. The standard InChI is InChI=1S/C20H13ClN6S/c1-13-16(21)3-2-4-17(13)27-19(15-7-9-23-10-8-15)25-26-20(27)28-18-6-5-14(11-22)12-24-18/h2-10,12H,1H3. The fourth-order valence-corrected chi connectivity index (χ4v) is 3.64. The van der Waals surface area contributed by atoms with Gasteiger partial charge in [-0.15, -0.1) is 10.2 Å². The summed E-state index contributed by atoms with van der Waals surface area (Å²) in [4.78, 5) is 8.40. The molecule has 3 heterocycles. The van der Waals surface area contributed by atoms with Gasteiger partial charge in [0, 0.05) is 29.2 Å². The second kappa shape index (κ2) is 7.80. The van der Waals surface area contributed by atoms with Crippen LogP contribution in [0, 0.1) is 18.3 Å². The van der Waals surface area contributed by atoms with Crippen LogP contribution in [0.2, 0.25) is 5.02 Å². The number of benzene rings is 1. The highest BCUT2D eigenvalue weighted by Gasteiger charge is 2.19. The normalized spacial score (nSPS) is 10.6. The Morgan fingerprint density at radius 1 is 1.07 bits per heavy atom. The molecule has 0 spiro atoms. The average Bonchev–Trinajstić information content (AvgIpc) is 3.14. The third-order valence-electron chi connectivity index (χ3n) is 4.11. The third-order valence-corrected chi connectivity index (χ3v) is 5.42. The summed E-state index contributed by atoms with van der Waals surface area (Å²) in [5, 5.41) is 19.8. The molecule has 0 saturated carbocycles. The molecule has 0 unspecified atom stereocenters. The Morgan fingerprint density at radius 2 is 1.89 bits per heavy atom. The summed E-state index contributed by atoms with van der Waals surface area (Å²) >= 11 is 7.73. The van der Waals surface area contributed by atoms with Crippen molar-refractivity contribution in [2.45, 2.75) is 17.1 Å². The van der Waals surface area contributed by atoms with E-state index in [9.17, 15) is 0 Å². The van der Waals surface area contributed by atoms with E-state index in [1.54, 1.807) is 24.5 Å². The van der Waals surface area contributed by atoms with Crippen molar-refractivity contribution < 1.29 is 0 Å². The second-order valence-corrected chi connectivity index (χ2v) is 7.26. The highest BCUT2D eigenvalue weighted by Crippen LogP contribution is 2.33. The van der Waals surface area contributed by atoms with E-state index >= 15 is 0 Å². The summed E-state index contributed by atoms with van der Waals surface area (Å²) in [6.07, 6.45) is 4.97. The number of pyridine rings is 2. The van der Waals surface area contributed by atoms with Crippen LogP contribution in [-0.2, 0) is 0 Å². The maximum absolute atomic E-state index is 8.96. The van der Waals surface area contributed by atoms with Gasteiger partial charge in [0.05, 0.1) is 11.3 Å². The molecule has 0 bridgehead atoms. The molecule has 0 aliphatic carbocycles. The Bertz CT molecular complexity index is 1170. The summed E-state index contributed by atoms with van der Waals surface area (Å²) in [5.41, 5.74) is 3.21. The summed E-state index contributed by atoms with van der Waals surface area (Å²) in [6, 6.07) is 15.1. The molecule has 0 atom stereocenters. The molecule has 3 aromatic heterocycles. The zero-order valence-corrected chi connectivity index (χ0v) is 16.3. The number of nitrogens with zero attached hydrogens (tertiary/aromatic N) is 6. The first kappa shape index (κ1) is 18.2. The van der Waals surface area contributed by atoms with E-state index in [0.29, 0.717) is 26.6 Å². The topological polar surface area (TPSA) is 80.3 Å². The van der Waals surface area contributed by atoms with Crippen molar-refractivity contribution in [1.82, 2.24) is 24.7 Å². The Hall–Kier alpha value is -3.21. The van der Waals surface area contributed by atoms with Crippen LogP contribution in [0.5, 0.6) is 0 Å². The fraction of sp³-hybridized carbons (Fsp3) is 0.0500. The second-order valence-electron chi connectivity index (χ2n) is 5.86. The SMILES string of the molecule is Cc1c(Cl)cccc1-n1c(Sc2ccc(C#N)cn2)nnc1-c1ccncc1. The van der Waals surface area contributed by atoms with E-state index < -0.39 is 0 Å². The molecule has 8 heteroatoms. The van der Waals surface area contributed by atoms with Gasteiger partial charge in [0.15, 0.2) is 5.82 Å². The van der Waals surface area contributed by atoms with Crippen molar-refractivity contribution in [1.29, 1.82) is 5.26 Å².